The number of nitrogens with zero attached hydrogens (tertiary/aromatic N) is 2. The second-order valence-corrected chi connectivity index (χ2v) is 7.18. The highest BCUT2D eigenvalue weighted by molar-refractivity contribution is 8.18. The number of rotatable bonds is 4. The number of hydrogen-bond donors (Lipinski definition) is 2. The number of aliphatic imine (C=N–C) groups is 1. The van der Waals surface area contributed by atoms with Crippen LogP contribution < -0.4 is 0 Å². The lowest BCUT2D eigenvalue weighted by Crippen LogP contribution is -2.23. The first-order valence-corrected chi connectivity index (χ1v) is 9.23. The number of aromatic hydroxyl groups is 1. The molecule has 1 aliphatic heterocycles. The monoisotopic (exact) mass is 394 g/mol. The number of likely N-dealkylation sites (N-methyl/N-ethyl adjacent to an activating group) is 1. The van der Waals surface area contributed by atoms with Crippen molar-refractivity contribution in [2.75, 3.05) is 7.05 Å². The fourth-order valence-electron chi connectivity index (χ4n) is 2.59. The number of allylic oxidation sites excluding steroid dienone is 2. The van der Waals surface area contributed by atoms with Crippen LogP contribution in [-0.2, 0) is 4.79 Å². The molecule has 1 amide bonds. The minimum absolute atomic E-state index is 0.170. The predicted octanol–water partition coefficient (Wildman–Crippen LogP) is 4.27. The van der Waals surface area contributed by atoms with Gasteiger partial charge in [-0.1, -0.05) is 36.4 Å². The first-order valence-electron chi connectivity index (χ1n) is 8.41. The van der Waals surface area contributed by atoms with Gasteiger partial charge >= 0.3 is 5.97 Å². The summed E-state index contributed by atoms with van der Waals surface area (Å²) in [6.07, 6.45) is 3.79. The fraction of sp³-hybridized carbons (Fsp3) is 0.0952. The number of amidine groups is 1. The molecule has 0 radical (unpaired) electrons. The summed E-state index contributed by atoms with van der Waals surface area (Å²) in [5.74, 6) is -1.76. The Balaban J connectivity index is 1.85. The summed E-state index contributed by atoms with van der Waals surface area (Å²) in [5.41, 5.74) is 2.14. The third-order valence-electron chi connectivity index (χ3n) is 3.99. The molecule has 1 fully saturated rings. The van der Waals surface area contributed by atoms with Gasteiger partial charge in [-0.15, -0.1) is 0 Å². The highest BCUT2D eigenvalue weighted by atomic mass is 32.2. The largest absolute Gasteiger partial charge is 0.507 e. The van der Waals surface area contributed by atoms with E-state index in [9.17, 15) is 14.7 Å². The molecule has 2 aromatic carbocycles. The standard InChI is InChI=1S/C21H18N2O4S/c1-13(10-14-6-4-3-5-7-14)11-18-19(25)23(2)21(28-18)22-15-8-9-16(20(26)27)17(24)12-15/h3-12,24H,1-2H3,(H,26,27)/b13-10+,18-11-,22-21?. The molecule has 0 saturated carbocycles. The van der Waals surface area contributed by atoms with Gasteiger partial charge in [0.05, 0.1) is 10.6 Å². The van der Waals surface area contributed by atoms with Crippen LogP contribution in [0.5, 0.6) is 5.75 Å². The van der Waals surface area contributed by atoms with Crippen LogP contribution in [0.3, 0.4) is 0 Å². The SMILES string of the molecule is CC(/C=C1\SC(=Nc2ccc(C(=O)O)c(O)c2)N(C)C1=O)=C\c1ccccc1. The van der Waals surface area contributed by atoms with Crippen molar-refractivity contribution in [3.63, 3.8) is 0 Å². The molecule has 2 aromatic rings. The van der Waals surface area contributed by atoms with E-state index in [1.54, 1.807) is 7.05 Å². The normalized spacial score (nSPS) is 17.6. The molecule has 6 nitrogen and oxygen atoms in total. The van der Waals surface area contributed by atoms with Crippen LogP contribution in [0.2, 0.25) is 0 Å². The molecule has 28 heavy (non-hydrogen) atoms. The van der Waals surface area contributed by atoms with E-state index < -0.39 is 5.97 Å². The quantitative estimate of drug-likeness (QED) is 0.756. The van der Waals surface area contributed by atoms with E-state index in [1.807, 2.05) is 49.4 Å². The first-order chi connectivity index (χ1) is 13.3. The zero-order valence-corrected chi connectivity index (χ0v) is 16.1. The zero-order chi connectivity index (χ0) is 20.3. The Bertz CT molecular complexity index is 1030. The van der Waals surface area contributed by atoms with Gasteiger partial charge in [-0.2, -0.15) is 0 Å². The molecule has 2 N–H and O–H groups in total. The van der Waals surface area contributed by atoms with Gasteiger partial charge in [0.1, 0.15) is 11.3 Å². The van der Waals surface area contributed by atoms with E-state index in [0.29, 0.717) is 15.8 Å². The van der Waals surface area contributed by atoms with Crippen molar-refractivity contribution < 1.29 is 19.8 Å². The minimum Gasteiger partial charge on any atom is -0.507 e. The Hall–Kier alpha value is -3.32. The topological polar surface area (TPSA) is 90.2 Å². The highest BCUT2D eigenvalue weighted by Crippen LogP contribution is 2.33. The van der Waals surface area contributed by atoms with Gasteiger partial charge in [-0.05, 0) is 48.0 Å². The third-order valence-corrected chi connectivity index (χ3v) is 5.05. The van der Waals surface area contributed by atoms with Crippen LogP contribution in [0.1, 0.15) is 22.8 Å². The summed E-state index contributed by atoms with van der Waals surface area (Å²) in [6, 6.07) is 13.8. The Labute approximate surface area is 166 Å². The van der Waals surface area contributed by atoms with E-state index in [-0.39, 0.29) is 17.2 Å². The van der Waals surface area contributed by atoms with Crippen molar-refractivity contribution in [1.29, 1.82) is 0 Å². The van der Waals surface area contributed by atoms with Crippen molar-refractivity contribution in [2.24, 2.45) is 4.99 Å². The van der Waals surface area contributed by atoms with Crippen molar-refractivity contribution in [1.82, 2.24) is 4.90 Å². The van der Waals surface area contributed by atoms with Crippen molar-refractivity contribution in [2.45, 2.75) is 6.92 Å². The lowest BCUT2D eigenvalue weighted by Gasteiger charge is -2.07. The Morgan fingerprint density at radius 2 is 1.89 bits per heavy atom. The molecule has 0 spiro atoms. The van der Waals surface area contributed by atoms with Crippen LogP contribution in [0.25, 0.3) is 6.08 Å². The maximum Gasteiger partial charge on any atom is 0.339 e. The van der Waals surface area contributed by atoms with Crippen molar-refractivity contribution >= 4 is 40.6 Å². The number of carboxylic acids is 1. The molecule has 3 rings (SSSR count). The number of carboxylic acid groups (broad SMARTS) is 1. The lowest BCUT2D eigenvalue weighted by atomic mass is 10.1. The van der Waals surface area contributed by atoms with E-state index in [1.165, 1.54) is 34.9 Å². The van der Waals surface area contributed by atoms with Crippen LogP contribution in [-0.4, -0.2) is 39.2 Å². The molecule has 0 aliphatic carbocycles. The maximum atomic E-state index is 12.5. The zero-order valence-electron chi connectivity index (χ0n) is 15.3. The van der Waals surface area contributed by atoms with Crippen LogP contribution >= 0.6 is 11.8 Å². The minimum atomic E-state index is -1.22. The van der Waals surface area contributed by atoms with Crippen molar-refractivity contribution in [3.8, 4) is 5.75 Å². The average Bonchev–Trinajstić information content (AvgIpc) is 2.90. The number of amides is 1. The number of carbonyl (C=O) groups is 2. The van der Waals surface area contributed by atoms with Gasteiger partial charge in [0.25, 0.3) is 5.91 Å². The molecular formula is C21H18N2O4S. The second-order valence-electron chi connectivity index (χ2n) is 6.17. The molecule has 7 heteroatoms. The third kappa shape index (κ3) is 4.32. The van der Waals surface area contributed by atoms with Gasteiger partial charge in [0.15, 0.2) is 5.17 Å². The summed E-state index contributed by atoms with van der Waals surface area (Å²) in [4.78, 5) is 29.8. The van der Waals surface area contributed by atoms with Gasteiger partial charge in [-0.3, -0.25) is 9.69 Å². The van der Waals surface area contributed by atoms with Crippen molar-refractivity contribution in [3.05, 3.63) is 76.2 Å². The number of phenols is 1. The van der Waals surface area contributed by atoms with Gasteiger partial charge < -0.3 is 10.2 Å². The number of benzene rings is 2. The Morgan fingerprint density at radius 3 is 2.54 bits per heavy atom. The molecule has 0 aromatic heterocycles. The van der Waals surface area contributed by atoms with Gasteiger partial charge in [0.2, 0.25) is 0 Å². The number of aromatic carboxylic acids is 1. The van der Waals surface area contributed by atoms with E-state index in [0.717, 1.165) is 11.1 Å². The molecule has 0 atom stereocenters. The smallest absolute Gasteiger partial charge is 0.339 e. The van der Waals surface area contributed by atoms with Crippen LogP contribution in [0.15, 0.2) is 70.1 Å². The summed E-state index contributed by atoms with van der Waals surface area (Å²) in [7, 11) is 1.62. The average molecular weight is 394 g/mol. The van der Waals surface area contributed by atoms with Gasteiger partial charge in [-0.25, -0.2) is 9.79 Å². The summed E-state index contributed by atoms with van der Waals surface area (Å²) < 4.78 is 0. The second kappa shape index (κ2) is 8.14. The highest BCUT2D eigenvalue weighted by Gasteiger charge is 2.30. The molecule has 142 valence electrons. The summed E-state index contributed by atoms with van der Waals surface area (Å²) >= 11 is 1.23. The molecule has 0 bridgehead atoms. The predicted molar refractivity (Wildman–Crippen MR) is 111 cm³/mol. The molecule has 1 saturated heterocycles. The maximum absolute atomic E-state index is 12.5. The van der Waals surface area contributed by atoms with E-state index in [2.05, 4.69) is 4.99 Å². The number of hydrogen-bond acceptors (Lipinski definition) is 5. The van der Waals surface area contributed by atoms with Crippen LogP contribution in [0.4, 0.5) is 5.69 Å². The molecule has 1 aliphatic rings. The Kier molecular flexibility index (Phi) is 5.65. The molecule has 1 heterocycles. The van der Waals surface area contributed by atoms with E-state index >= 15 is 0 Å². The molecular weight excluding hydrogens is 376 g/mol. The summed E-state index contributed by atoms with van der Waals surface area (Å²) in [5, 5.41) is 19.2. The lowest BCUT2D eigenvalue weighted by molar-refractivity contribution is -0.121. The fourth-order valence-corrected chi connectivity index (χ4v) is 3.63. The Morgan fingerprint density at radius 1 is 1.18 bits per heavy atom. The van der Waals surface area contributed by atoms with Crippen LogP contribution in [0, 0.1) is 0 Å². The molecule has 0 unspecified atom stereocenters. The van der Waals surface area contributed by atoms with E-state index in [4.69, 9.17) is 5.11 Å². The van der Waals surface area contributed by atoms with Gasteiger partial charge in [0, 0.05) is 13.1 Å². The number of carbonyl (C=O) groups excluding carboxylic acids is 1. The summed E-state index contributed by atoms with van der Waals surface area (Å²) in [6.45, 7) is 1.92. The first kappa shape index (κ1) is 19.4. The number of thioether (sulfide) groups is 1.